The minimum Gasteiger partial charge on any atom is -0.383 e. The molecule has 0 heterocycles. The van der Waals surface area contributed by atoms with Gasteiger partial charge in [0.1, 0.15) is 0 Å². The summed E-state index contributed by atoms with van der Waals surface area (Å²) in [5.41, 5.74) is 9.48. The first kappa shape index (κ1) is 16.7. The molecule has 0 spiro atoms. The fraction of sp³-hybridized carbons (Fsp3) is 0.500. The zero-order chi connectivity index (χ0) is 16.3. The number of hydrogen-bond acceptors (Lipinski definition) is 2. The van der Waals surface area contributed by atoms with Gasteiger partial charge in [-0.25, -0.2) is 0 Å². The first-order valence-corrected chi connectivity index (χ1v) is 8.32. The van der Waals surface area contributed by atoms with Crippen LogP contribution in [-0.4, -0.2) is 13.1 Å². The monoisotopic (exact) mass is 298 g/mol. The van der Waals surface area contributed by atoms with E-state index in [-0.39, 0.29) is 0 Å². The fourth-order valence-corrected chi connectivity index (χ4v) is 3.61. The van der Waals surface area contributed by atoms with Crippen molar-refractivity contribution in [2.45, 2.75) is 48.0 Å². The summed E-state index contributed by atoms with van der Waals surface area (Å²) in [6, 6.07) is 4.48. The van der Waals surface area contributed by atoms with Crippen LogP contribution in [0.5, 0.6) is 0 Å². The van der Waals surface area contributed by atoms with E-state index in [1.54, 1.807) is 0 Å². The van der Waals surface area contributed by atoms with Gasteiger partial charge in [-0.15, -0.1) is 0 Å². The third-order valence-corrected chi connectivity index (χ3v) is 4.39. The molecule has 1 aromatic rings. The van der Waals surface area contributed by atoms with Gasteiger partial charge in [0.15, 0.2) is 0 Å². The Hall–Kier alpha value is -1.70. The average molecular weight is 298 g/mol. The van der Waals surface area contributed by atoms with Crippen LogP contribution in [0.4, 0.5) is 5.69 Å². The van der Waals surface area contributed by atoms with Crippen LogP contribution in [-0.2, 0) is 0 Å². The van der Waals surface area contributed by atoms with E-state index in [0.29, 0.717) is 5.92 Å². The molecule has 1 aliphatic rings. The molecule has 2 rings (SSSR count). The molecule has 0 radical (unpaired) electrons. The number of nitrogens with one attached hydrogen (secondary N) is 2. The van der Waals surface area contributed by atoms with Crippen molar-refractivity contribution in [2.75, 3.05) is 18.4 Å². The Morgan fingerprint density at radius 2 is 1.55 bits per heavy atom. The van der Waals surface area contributed by atoms with E-state index in [9.17, 15) is 0 Å². The molecule has 0 saturated carbocycles. The third kappa shape index (κ3) is 3.94. The lowest BCUT2D eigenvalue weighted by Crippen LogP contribution is -2.25. The van der Waals surface area contributed by atoms with Crippen molar-refractivity contribution in [1.29, 1.82) is 0 Å². The van der Waals surface area contributed by atoms with Gasteiger partial charge in [0, 0.05) is 24.5 Å². The molecule has 2 nitrogen and oxygen atoms in total. The molecule has 2 N–H and O–H groups in total. The molecular weight excluding hydrogens is 268 g/mol. The first-order valence-electron chi connectivity index (χ1n) is 8.32. The quantitative estimate of drug-likeness (QED) is 0.758. The van der Waals surface area contributed by atoms with Crippen molar-refractivity contribution < 1.29 is 0 Å². The summed E-state index contributed by atoms with van der Waals surface area (Å²) < 4.78 is 0. The van der Waals surface area contributed by atoms with Crippen molar-refractivity contribution in [3.63, 3.8) is 0 Å². The lowest BCUT2D eigenvalue weighted by atomic mass is 9.90. The van der Waals surface area contributed by atoms with E-state index in [0.717, 1.165) is 13.1 Å². The highest BCUT2D eigenvalue weighted by molar-refractivity contribution is 5.58. The van der Waals surface area contributed by atoms with Gasteiger partial charge >= 0.3 is 0 Å². The van der Waals surface area contributed by atoms with Gasteiger partial charge in [-0.05, 0) is 69.2 Å². The molecule has 1 atom stereocenters. The van der Waals surface area contributed by atoms with Crippen molar-refractivity contribution in [2.24, 2.45) is 5.92 Å². The zero-order valence-corrected chi connectivity index (χ0v) is 14.9. The Balaban J connectivity index is 1.91. The molecule has 0 amide bonds. The van der Waals surface area contributed by atoms with Crippen LogP contribution in [0.2, 0.25) is 0 Å². The van der Waals surface area contributed by atoms with Crippen molar-refractivity contribution in [3.05, 3.63) is 51.7 Å². The Labute approximate surface area is 135 Å². The lowest BCUT2D eigenvalue weighted by molar-refractivity contribution is 0.667. The Bertz CT molecular complexity index is 585. The summed E-state index contributed by atoms with van der Waals surface area (Å²) in [6.07, 6.45) is 3.54. The van der Waals surface area contributed by atoms with E-state index < -0.39 is 0 Å². The summed E-state index contributed by atoms with van der Waals surface area (Å²) in [7, 11) is 0. The number of benzene rings is 1. The molecule has 0 fully saturated rings. The lowest BCUT2D eigenvalue weighted by Gasteiger charge is -2.23. The molecule has 22 heavy (non-hydrogen) atoms. The number of hydrogen-bond donors (Lipinski definition) is 2. The van der Waals surface area contributed by atoms with Gasteiger partial charge in [-0.2, -0.15) is 0 Å². The zero-order valence-electron chi connectivity index (χ0n) is 14.9. The smallest absolute Gasteiger partial charge is 0.0400 e. The van der Waals surface area contributed by atoms with E-state index in [4.69, 9.17) is 0 Å². The highest BCUT2D eigenvalue weighted by atomic mass is 15.0. The van der Waals surface area contributed by atoms with Crippen LogP contribution in [0.15, 0.2) is 35.1 Å². The van der Waals surface area contributed by atoms with Crippen LogP contribution >= 0.6 is 0 Å². The topological polar surface area (TPSA) is 24.1 Å². The van der Waals surface area contributed by atoms with Crippen molar-refractivity contribution >= 4 is 5.69 Å². The number of anilines is 1. The van der Waals surface area contributed by atoms with Crippen LogP contribution in [0.1, 0.15) is 43.9 Å². The van der Waals surface area contributed by atoms with Crippen LogP contribution in [0.25, 0.3) is 0 Å². The normalized spacial score (nSPS) is 18.3. The van der Waals surface area contributed by atoms with E-state index in [1.807, 2.05) is 0 Å². The molecule has 1 aliphatic carbocycles. The maximum Gasteiger partial charge on any atom is 0.0400 e. The van der Waals surface area contributed by atoms with E-state index in [1.165, 1.54) is 45.6 Å². The second-order valence-corrected chi connectivity index (χ2v) is 6.81. The summed E-state index contributed by atoms with van der Waals surface area (Å²) in [4.78, 5) is 0. The molecular formula is C20H30N2. The Kier molecular flexibility index (Phi) is 5.33. The minimum atomic E-state index is 0.668. The SMILES string of the molecule is CC1=CC(C)CC(C)=C1NCCNc1c(C)cc(C)cc1C. The summed E-state index contributed by atoms with van der Waals surface area (Å²) in [6.45, 7) is 15.1. The van der Waals surface area contributed by atoms with Crippen LogP contribution < -0.4 is 10.6 Å². The first-order chi connectivity index (χ1) is 10.4. The van der Waals surface area contributed by atoms with Gasteiger partial charge in [0.25, 0.3) is 0 Å². The minimum absolute atomic E-state index is 0.668. The molecule has 0 bridgehead atoms. The molecule has 1 aromatic carbocycles. The highest BCUT2D eigenvalue weighted by Crippen LogP contribution is 2.26. The van der Waals surface area contributed by atoms with Crippen molar-refractivity contribution in [1.82, 2.24) is 5.32 Å². The molecule has 0 aliphatic heterocycles. The van der Waals surface area contributed by atoms with Gasteiger partial charge in [0.05, 0.1) is 0 Å². The highest BCUT2D eigenvalue weighted by Gasteiger charge is 2.13. The van der Waals surface area contributed by atoms with Crippen LogP contribution in [0.3, 0.4) is 0 Å². The summed E-state index contributed by atoms with van der Waals surface area (Å²) >= 11 is 0. The molecule has 0 aromatic heterocycles. The summed E-state index contributed by atoms with van der Waals surface area (Å²) in [5.74, 6) is 0.668. The average Bonchev–Trinajstić information content (AvgIpc) is 2.38. The molecule has 0 saturated heterocycles. The summed E-state index contributed by atoms with van der Waals surface area (Å²) in [5, 5.41) is 7.19. The third-order valence-electron chi connectivity index (χ3n) is 4.39. The predicted octanol–water partition coefficient (Wildman–Crippen LogP) is 4.87. The fourth-order valence-electron chi connectivity index (χ4n) is 3.61. The van der Waals surface area contributed by atoms with E-state index in [2.05, 4.69) is 70.4 Å². The standard InChI is InChI=1S/C20H30N2/c1-13-9-15(3)19(16(4)10-13)21-7-8-22-20-17(5)11-14(2)12-18(20)6/h9-11,14,21-22H,7-8,12H2,1-6H3. The number of rotatable bonds is 5. The maximum atomic E-state index is 3.61. The van der Waals surface area contributed by atoms with Gasteiger partial charge < -0.3 is 10.6 Å². The molecule has 120 valence electrons. The molecule has 2 heteroatoms. The number of aryl methyl sites for hydroxylation is 3. The second kappa shape index (κ2) is 7.04. The van der Waals surface area contributed by atoms with Gasteiger partial charge in [-0.3, -0.25) is 0 Å². The number of allylic oxidation sites excluding steroid dienone is 3. The largest absolute Gasteiger partial charge is 0.383 e. The second-order valence-electron chi connectivity index (χ2n) is 6.81. The molecule has 1 unspecified atom stereocenters. The Morgan fingerprint density at radius 1 is 0.955 bits per heavy atom. The van der Waals surface area contributed by atoms with Gasteiger partial charge in [0.2, 0.25) is 0 Å². The van der Waals surface area contributed by atoms with E-state index >= 15 is 0 Å². The predicted molar refractivity (Wildman–Crippen MR) is 97.4 cm³/mol. The van der Waals surface area contributed by atoms with Crippen molar-refractivity contribution in [3.8, 4) is 0 Å². The Morgan fingerprint density at radius 3 is 2.14 bits per heavy atom. The van der Waals surface area contributed by atoms with Gasteiger partial charge in [-0.1, -0.05) is 30.7 Å². The van der Waals surface area contributed by atoms with Crippen LogP contribution in [0, 0.1) is 26.7 Å². The maximum absolute atomic E-state index is 3.61.